The van der Waals surface area contributed by atoms with Crippen LogP contribution in [0.1, 0.15) is 10.4 Å². The molecule has 0 aliphatic heterocycles. The molecule has 21 heavy (non-hydrogen) atoms. The van der Waals surface area contributed by atoms with Gasteiger partial charge in [0.15, 0.2) is 5.82 Å². The molecule has 0 aliphatic carbocycles. The number of benzene rings is 1. The van der Waals surface area contributed by atoms with Gasteiger partial charge in [0, 0.05) is 11.8 Å². The van der Waals surface area contributed by atoms with Crippen LogP contribution in [0.15, 0.2) is 36.7 Å². The van der Waals surface area contributed by atoms with E-state index in [-0.39, 0.29) is 11.1 Å². The molecule has 1 N–H and O–H groups in total. The first-order valence-electron chi connectivity index (χ1n) is 5.51. The van der Waals surface area contributed by atoms with Crippen LogP contribution in [-0.4, -0.2) is 22.4 Å². The van der Waals surface area contributed by atoms with Gasteiger partial charge in [-0.1, -0.05) is 12.1 Å². The summed E-state index contributed by atoms with van der Waals surface area (Å²) in [6, 6.07) is 4.37. The van der Waals surface area contributed by atoms with Crippen molar-refractivity contribution in [3.8, 4) is 16.9 Å². The first kappa shape index (κ1) is 14.8. The van der Waals surface area contributed by atoms with Crippen molar-refractivity contribution in [2.45, 2.75) is 6.36 Å². The summed E-state index contributed by atoms with van der Waals surface area (Å²) in [4.78, 5) is 14.6. The fourth-order valence-corrected chi connectivity index (χ4v) is 1.71. The lowest BCUT2D eigenvalue weighted by molar-refractivity contribution is -0.274. The maximum Gasteiger partial charge on any atom is 0.573 e. The third-order valence-electron chi connectivity index (χ3n) is 2.51. The van der Waals surface area contributed by atoms with Crippen LogP contribution < -0.4 is 4.74 Å². The summed E-state index contributed by atoms with van der Waals surface area (Å²) in [6.07, 6.45) is -2.96. The molecule has 0 amide bonds. The Morgan fingerprint density at radius 1 is 1.14 bits per heavy atom. The van der Waals surface area contributed by atoms with Crippen molar-refractivity contribution in [2.24, 2.45) is 0 Å². The Morgan fingerprint density at radius 2 is 1.76 bits per heavy atom. The number of nitrogens with zero attached hydrogens (tertiary/aromatic N) is 1. The number of aromatic nitrogens is 1. The van der Waals surface area contributed by atoms with Gasteiger partial charge < -0.3 is 9.84 Å². The minimum absolute atomic E-state index is 0.0407. The first-order chi connectivity index (χ1) is 9.78. The molecule has 1 aromatic carbocycles. The molecule has 0 fully saturated rings. The van der Waals surface area contributed by atoms with Gasteiger partial charge in [-0.2, -0.15) is 0 Å². The van der Waals surface area contributed by atoms with E-state index in [0.29, 0.717) is 0 Å². The van der Waals surface area contributed by atoms with E-state index in [0.717, 1.165) is 24.5 Å². The van der Waals surface area contributed by atoms with Crippen LogP contribution >= 0.6 is 0 Å². The molecule has 0 spiro atoms. The molecule has 2 rings (SSSR count). The molecule has 0 aliphatic rings. The Morgan fingerprint density at radius 3 is 2.29 bits per heavy atom. The summed E-state index contributed by atoms with van der Waals surface area (Å²) >= 11 is 0. The van der Waals surface area contributed by atoms with Crippen molar-refractivity contribution in [3.63, 3.8) is 0 Å². The zero-order valence-corrected chi connectivity index (χ0v) is 10.2. The number of carboxylic acid groups (broad SMARTS) is 1. The fourth-order valence-electron chi connectivity index (χ4n) is 1.71. The highest BCUT2D eigenvalue weighted by Gasteiger charge is 2.31. The van der Waals surface area contributed by atoms with Crippen molar-refractivity contribution in [2.75, 3.05) is 0 Å². The number of rotatable bonds is 3. The molecule has 1 heterocycles. The molecule has 0 unspecified atom stereocenters. The number of halogens is 4. The molecule has 2 aromatic rings. The first-order valence-corrected chi connectivity index (χ1v) is 5.51. The molecule has 0 bridgehead atoms. The monoisotopic (exact) mass is 301 g/mol. The number of alkyl halides is 3. The van der Waals surface area contributed by atoms with Crippen molar-refractivity contribution in [1.82, 2.24) is 4.98 Å². The van der Waals surface area contributed by atoms with Crippen LogP contribution in [0.2, 0.25) is 0 Å². The van der Waals surface area contributed by atoms with Gasteiger partial charge in [-0.15, -0.1) is 13.2 Å². The quantitative estimate of drug-likeness (QED) is 0.882. The predicted octanol–water partition coefficient (Wildman–Crippen LogP) is 3.48. The Kier molecular flexibility index (Phi) is 3.79. The second kappa shape index (κ2) is 5.39. The highest BCUT2D eigenvalue weighted by atomic mass is 19.4. The number of aromatic carboxylic acids is 1. The van der Waals surface area contributed by atoms with Gasteiger partial charge in [0.1, 0.15) is 11.3 Å². The van der Waals surface area contributed by atoms with Gasteiger partial charge in [-0.25, -0.2) is 9.18 Å². The summed E-state index contributed by atoms with van der Waals surface area (Å²) in [5, 5.41) is 8.97. The minimum atomic E-state index is -4.83. The van der Waals surface area contributed by atoms with Gasteiger partial charge in [0.25, 0.3) is 0 Å². The predicted molar refractivity (Wildman–Crippen MR) is 63.3 cm³/mol. The van der Waals surface area contributed by atoms with Crippen LogP contribution in [0.5, 0.6) is 5.75 Å². The molecule has 8 heteroatoms. The van der Waals surface area contributed by atoms with Crippen LogP contribution in [0.4, 0.5) is 17.6 Å². The fraction of sp³-hybridized carbons (Fsp3) is 0.0769. The van der Waals surface area contributed by atoms with Crippen LogP contribution in [0.3, 0.4) is 0 Å². The molecule has 0 radical (unpaired) electrons. The van der Waals surface area contributed by atoms with Crippen molar-refractivity contribution < 1.29 is 32.2 Å². The highest BCUT2D eigenvalue weighted by molar-refractivity contribution is 5.96. The Balaban J connectivity index is 2.40. The third kappa shape index (κ3) is 3.47. The van der Waals surface area contributed by atoms with Gasteiger partial charge in [0.05, 0.1) is 6.20 Å². The van der Waals surface area contributed by atoms with E-state index in [4.69, 9.17) is 5.11 Å². The SMILES string of the molecule is O=C(O)c1c(F)cncc1-c1ccc(OC(F)(F)F)cc1. The molecule has 0 saturated heterocycles. The van der Waals surface area contributed by atoms with E-state index < -0.39 is 29.5 Å². The smallest absolute Gasteiger partial charge is 0.478 e. The number of hydrogen-bond donors (Lipinski definition) is 1. The van der Waals surface area contributed by atoms with Gasteiger partial charge in [0.2, 0.25) is 0 Å². The minimum Gasteiger partial charge on any atom is -0.478 e. The van der Waals surface area contributed by atoms with Crippen molar-refractivity contribution in [1.29, 1.82) is 0 Å². The number of carbonyl (C=O) groups is 1. The summed E-state index contributed by atoms with van der Waals surface area (Å²) in [7, 11) is 0. The zero-order chi connectivity index (χ0) is 15.6. The maximum absolute atomic E-state index is 13.5. The molecule has 0 saturated carbocycles. The lowest BCUT2D eigenvalue weighted by atomic mass is 10.0. The normalized spacial score (nSPS) is 11.2. The molecular weight excluding hydrogens is 294 g/mol. The topological polar surface area (TPSA) is 59.4 Å². The third-order valence-corrected chi connectivity index (χ3v) is 2.51. The van der Waals surface area contributed by atoms with Gasteiger partial charge in [-0.05, 0) is 17.7 Å². The standard InChI is InChI=1S/C13H7F4NO3/c14-10-6-18-5-9(11(10)12(19)20)7-1-3-8(4-2-7)21-13(15,16)17/h1-6H,(H,19,20). The van der Waals surface area contributed by atoms with Gasteiger partial charge in [-0.3, -0.25) is 4.98 Å². The summed E-state index contributed by atoms with van der Waals surface area (Å²) in [6.45, 7) is 0. The lowest BCUT2D eigenvalue weighted by Gasteiger charge is -2.10. The van der Waals surface area contributed by atoms with Crippen LogP contribution in [0.25, 0.3) is 11.1 Å². The molecule has 0 atom stereocenters. The number of ether oxygens (including phenoxy) is 1. The van der Waals surface area contributed by atoms with E-state index >= 15 is 0 Å². The average Bonchev–Trinajstić information content (AvgIpc) is 2.37. The second-order valence-corrected chi connectivity index (χ2v) is 3.92. The number of hydrogen-bond acceptors (Lipinski definition) is 3. The van der Waals surface area contributed by atoms with E-state index in [9.17, 15) is 22.4 Å². The van der Waals surface area contributed by atoms with Crippen molar-refractivity contribution >= 4 is 5.97 Å². The average molecular weight is 301 g/mol. The van der Waals surface area contributed by atoms with E-state index in [1.165, 1.54) is 12.1 Å². The number of carboxylic acids is 1. The Bertz CT molecular complexity index is 668. The molecule has 1 aromatic heterocycles. The maximum atomic E-state index is 13.5. The molecule has 110 valence electrons. The highest BCUT2D eigenvalue weighted by Crippen LogP contribution is 2.28. The van der Waals surface area contributed by atoms with Gasteiger partial charge >= 0.3 is 12.3 Å². The van der Waals surface area contributed by atoms with Crippen LogP contribution in [0, 0.1) is 5.82 Å². The van der Waals surface area contributed by atoms with Crippen LogP contribution in [-0.2, 0) is 0 Å². The second-order valence-electron chi connectivity index (χ2n) is 3.92. The number of pyridine rings is 1. The van der Waals surface area contributed by atoms with E-state index in [2.05, 4.69) is 9.72 Å². The largest absolute Gasteiger partial charge is 0.573 e. The van der Waals surface area contributed by atoms with E-state index in [1.54, 1.807) is 0 Å². The van der Waals surface area contributed by atoms with E-state index in [1.807, 2.05) is 0 Å². The summed E-state index contributed by atoms with van der Waals surface area (Å²) in [5.74, 6) is -3.00. The lowest BCUT2D eigenvalue weighted by Crippen LogP contribution is -2.16. The summed E-state index contributed by atoms with van der Waals surface area (Å²) < 4.78 is 53.2. The molecule has 4 nitrogen and oxygen atoms in total. The molecular formula is C13H7F4NO3. The van der Waals surface area contributed by atoms with Crippen molar-refractivity contribution in [3.05, 3.63) is 48.0 Å². The summed E-state index contributed by atoms with van der Waals surface area (Å²) in [5.41, 5.74) is -0.440. The Hall–Kier alpha value is -2.64. The zero-order valence-electron chi connectivity index (χ0n) is 10.2. The Labute approximate surface area is 115 Å².